The van der Waals surface area contributed by atoms with Gasteiger partial charge in [-0.1, -0.05) is 36.4 Å². The molecule has 0 bridgehead atoms. The Hall–Kier alpha value is -2.69. The highest BCUT2D eigenvalue weighted by atomic mass is 16.5. The SMILES string of the molecule is CCOC(=O)c1ccc(-c2ccccc2)c(C(C)C(=O)OCC)n1. The zero-order valence-electron chi connectivity index (χ0n) is 14.1. The summed E-state index contributed by atoms with van der Waals surface area (Å²) in [6.45, 7) is 5.77. The van der Waals surface area contributed by atoms with E-state index in [0.29, 0.717) is 12.3 Å². The normalized spacial score (nSPS) is 11.6. The van der Waals surface area contributed by atoms with Gasteiger partial charge in [0, 0.05) is 5.56 Å². The van der Waals surface area contributed by atoms with E-state index < -0.39 is 11.9 Å². The Morgan fingerprint density at radius 3 is 2.29 bits per heavy atom. The summed E-state index contributed by atoms with van der Waals surface area (Å²) in [5.41, 5.74) is 2.41. The molecule has 0 N–H and O–H groups in total. The van der Waals surface area contributed by atoms with Gasteiger partial charge in [0.2, 0.25) is 0 Å². The summed E-state index contributed by atoms with van der Waals surface area (Å²) in [5.74, 6) is -1.47. The topological polar surface area (TPSA) is 65.5 Å². The fourth-order valence-corrected chi connectivity index (χ4v) is 2.36. The van der Waals surface area contributed by atoms with E-state index in [4.69, 9.17) is 9.47 Å². The fraction of sp³-hybridized carbons (Fsp3) is 0.316. The zero-order chi connectivity index (χ0) is 17.5. The van der Waals surface area contributed by atoms with E-state index in [0.717, 1.165) is 11.1 Å². The number of benzene rings is 1. The van der Waals surface area contributed by atoms with Crippen LogP contribution in [0.15, 0.2) is 42.5 Å². The second-order valence-electron chi connectivity index (χ2n) is 5.19. The third-order valence-corrected chi connectivity index (χ3v) is 3.54. The molecule has 0 aliphatic heterocycles. The average molecular weight is 327 g/mol. The smallest absolute Gasteiger partial charge is 0.356 e. The van der Waals surface area contributed by atoms with Gasteiger partial charge in [0.25, 0.3) is 0 Å². The summed E-state index contributed by atoms with van der Waals surface area (Å²) in [4.78, 5) is 28.5. The van der Waals surface area contributed by atoms with Gasteiger partial charge in [-0.15, -0.1) is 0 Å². The monoisotopic (exact) mass is 327 g/mol. The van der Waals surface area contributed by atoms with E-state index in [1.54, 1.807) is 32.9 Å². The van der Waals surface area contributed by atoms with Crippen molar-refractivity contribution in [2.75, 3.05) is 13.2 Å². The molecule has 0 saturated heterocycles. The van der Waals surface area contributed by atoms with Crippen LogP contribution in [0.1, 0.15) is 42.9 Å². The van der Waals surface area contributed by atoms with Gasteiger partial charge in [-0.3, -0.25) is 4.79 Å². The summed E-state index contributed by atoms with van der Waals surface area (Å²) >= 11 is 0. The Morgan fingerprint density at radius 1 is 1.00 bits per heavy atom. The molecule has 0 aliphatic carbocycles. The highest BCUT2D eigenvalue weighted by molar-refractivity contribution is 5.89. The molecule has 1 unspecified atom stereocenters. The Bertz CT molecular complexity index is 713. The van der Waals surface area contributed by atoms with Gasteiger partial charge in [0.1, 0.15) is 5.69 Å². The van der Waals surface area contributed by atoms with Crippen molar-refractivity contribution in [3.8, 4) is 11.1 Å². The molecule has 0 amide bonds. The molecule has 24 heavy (non-hydrogen) atoms. The zero-order valence-corrected chi connectivity index (χ0v) is 14.1. The van der Waals surface area contributed by atoms with Crippen molar-refractivity contribution in [2.24, 2.45) is 0 Å². The van der Waals surface area contributed by atoms with Crippen LogP contribution in [0.25, 0.3) is 11.1 Å². The van der Waals surface area contributed by atoms with Gasteiger partial charge in [0.05, 0.1) is 24.8 Å². The first-order valence-electron chi connectivity index (χ1n) is 7.98. The van der Waals surface area contributed by atoms with E-state index in [2.05, 4.69) is 4.98 Å². The quantitative estimate of drug-likeness (QED) is 0.759. The Morgan fingerprint density at radius 2 is 1.67 bits per heavy atom. The molecule has 1 atom stereocenters. The Balaban J connectivity index is 2.50. The van der Waals surface area contributed by atoms with Gasteiger partial charge < -0.3 is 9.47 Å². The first-order chi connectivity index (χ1) is 11.6. The minimum absolute atomic E-state index is 0.183. The number of ether oxygens (including phenoxy) is 2. The molecule has 0 spiro atoms. The highest BCUT2D eigenvalue weighted by Gasteiger charge is 2.24. The molecule has 0 radical (unpaired) electrons. The first-order valence-corrected chi connectivity index (χ1v) is 7.98. The number of aromatic nitrogens is 1. The van der Waals surface area contributed by atoms with Crippen LogP contribution in [-0.4, -0.2) is 30.1 Å². The predicted molar refractivity (Wildman–Crippen MR) is 90.7 cm³/mol. The van der Waals surface area contributed by atoms with Gasteiger partial charge in [0.15, 0.2) is 0 Å². The Labute approximate surface area is 141 Å². The molecule has 1 aromatic heterocycles. The lowest BCUT2D eigenvalue weighted by Gasteiger charge is -2.16. The molecule has 0 saturated carbocycles. The third-order valence-electron chi connectivity index (χ3n) is 3.54. The number of rotatable bonds is 6. The summed E-state index contributed by atoms with van der Waals surface area (Å²) in [5, 5.41) is 0. The molecular weight excluding hydrogens is 306 g/mol. The van der Waals surface area contributed by atoms with E-state index in [1.165, 1.54) is 0 Å². The minimum atomic E-state index is -0.588. The van der Waals surface area contributed by atoms with E-state index in [1.807, 2.05) is 30.3 Å². The summed E-state index contributed by atoms with van der Waals surface area (Å²) in [6, 6.07) is 13.0. The van der Waals surface area contributed by atoms with Crippen LogP contribution in [0.4, 0.5) is 0 Å². The second kappa shape index (κ2) is 8.24. The van der Waals surface area contributed by atoms with Crippen LogP contribution in [0, 0.1) is 0 Å². The second-order valence-corrected chi connectivity index (χ2v) is 5.19. The van der Waals surface area contributed by atoms with Crippen molar-refractivity contribution >= 4 is 11.9 Å². The van der Waals surface area contributed by atoms with Crippen LogP contribution in [0.3, 0.4) is 0 Å². The van der Waals surface area contributed by atoms with Crippen molar-refractivity contribution in [1.82, 2.24) is 4.98 Å². The molecule has 2 rings (SSSR count). The standard InChI is InChI=1S/C19H21NO4/c1-4-23-18(21)13(3)17-15(14-9-7-6-8-10-14)11-12-16(20-17)19(22)24-5-2/h6-13H,4-5H2,1-3H3. The molecule has 2 aromatic rings. The molecule has 1 aromatic carbocycles. The predicted octanol–water partition coefficient (Wildman–Crippen LogP) is 3.59. The number of carbonyl (C=O) groups excluding carboxylic acids is 2. The molecule has 126 valence electrons. The highest BCUT2D eigenvalue weighted by Crippen LogP contribution is 2.29. The van der Waals surface area contributed by atoms with Crippen LogP contribution >= 0.6 is 0 Å². The summed E-state index contributed by atoms with van der Waals surface area (Å²) < 4.78 is 10.1. The van der Waals surface area contributed by atoms with Crippen molar-refractivity contribution in [3.05, 3.63) is 53.9 Å². The number of hydrogen-bond donors (Lipinski definition) is 0. The van der Waals surface area contributed by atoms with Gasteiger partial charge in [-0.2, -0.15) is 0 Å². The maximum atomic E-state index is 12.2. The van der Waals surface area contributed by atoms with E-state index in [-0.39, 0.29) is 18.3 Å². The molecular formula is C19H21NO4. The first kappa shape index (κ1) is 17.7. The van der Waals surface area contributed by atoms with Crippen molar-refractivity contribution in [2.45, 2.75) is 26.7 Å². The summed E-state index contributed by atoms with van der Waals surface area (Å²) in [6.07, 6.45) is 0. The maximum absolute atomic E-state index is 12.2. The average Bonchev–Trinajstić information content (AvgIpc) is 2.61. The largest absolute Gasteiger partial charge is 0.465 e. The van der Waals surface area contributed by atoms with E-state index >= 15 is 0 Å². The molecule has 5 nitrogen and oxygen atoms in total. The lowest BCUT2D eigenvalue weighted by molar-refractivity contribution is -0.144. The number of nitrogens with zero attached hydrogens (tertiary/aromatic N) is 1. The van der Waals surface area contributed by atoms with Crippen LogP contribution in [0.2, 0.25) is 0 Å². The fourth-order valence-electron chi connectivity index (χ4n) is 2.36. The van der Waals surface area contributed by atoms with Crippen molar-refractivity contribution in [1.29, 1.82) is 0 Å². The summed E-state index contributed by atoms with van der Waals surface area (Å²) in [7, 11) is 0. The number of carbonyl (C=O) groups is 2. The molecule has 1 heterocycles. The lowest BCUT2D eigenvalue weighted by Crippen LogP contribution is -2.17. The van der Waals surface area contributed by atoms with Gasteiger partial charge in [-0.25, -0.2) is 9.78 Å². The third kappa shape index (κ3) is 3.98. The van der Waals surface area contributed by atoms with Gasteiger partial charge in [-0.05, 0) is 32.4 Å². The number of hydrogen-bond acceptors (Lipinski definition) is 5. The number of pyridine rings is 1. The van der Waals surface area contributed by atoms with Crippen molar-refractivity contribution < 1.29 is 19.1 Å². The van der Waals surface area contributed by atoms with E-state index in [9.17, 15) is 9.59 Å². The molecule has 0 aliphatic rings. The van der Waals surface area contributed by atoms with Crippen molar-refractivity contribution in [3.63, 3.8) is 0 Å². The number of esters is 2. The molecule has 0 fully saturated rings. The lowest BCUT2D eigenvalue weighted by atomic mass is 9.96. The molecule has 5 heteroatoms. The van der Waals surface area contributed by atoms with Crippen LogP contribution in [-0.2, 0) is 14.3 Å². The Kier molecular flexibility index (Phi) is 6.07. The van der Waals surface area contributed by atoms with Crippen LogP contribution in [0.5, 0.6) is 0 Å². The maximum Gasteiger partial charge on any atom is 0.356 e. The van der Waals surface area contributed by atoms with Crippen LogP contribution < -0.4 is 0 Å². The minimum Gasteiger partial charge on any atom is -0.465 e. The van der Waals surface area contributed by atoms with Gasteiger partial charge >= 0.3 is 11.9 Å².